The first-order chi connectivity index (χ1) is 12.2. The molecule has 2 N–H and O–H groups in total. The third-order valence-corrected chi connectivity index (χ3v) is 4.11. The Labute approximate surface area is 146 Å². The SMILES string of the molecule is O=[N+]([O-])c1cc(-c2nnsc2-c2cccnc2C(F)(F)F)cc(O)c1O. The Morgan fingerprint density at radius 1 is 1.23 bits per heavy atom. The van der Waals surface area contributed by atoms with Crippen LogP contribution in [0.1, 0.15) is 5.69 Å². The van der Waals surface area contributed by atoms with Crippen molar-refractivity contribution in [3.63, 3.8) is 0 Å². The molecule has 0 unspecified atom stereocenters. The van der Waals surface area contributed by atoms with Gasteiger partial charge in [0, 0.05) is 23.4 Å². The summed E-state index contributed by atoms with van der Waals surface area (Å²) in [4.78, 5) is 13.3. The number of hydrogen-bond acceptors (Lipinski definition) is 8. The summed E-state index contributed by atoms with van der Waals surface area (Å²) in [7, 11) is 0. The Bertz CT molecular complexity index is 1010. The molecule has 0 fully saturated rings. The number of nitro benzene ring substituents is 1. The predicted octanol–water partition coefficient (Wildman–Crippen LogP) is 3.61. The van der Waals surface area contributed by atoms with Gasteiger partial charge in [0.25, 0.3) is 0 Å². The van der Waals surface area contributed by atoms with Crippen LogP contribution in [0.2, 0.25) is 0 Å². The first-order valence-electron chi connectivity index (χ1n) is 6.76. The van der Waals surface area contributed by atoms with Gasteiger partial charge in [0.2, 0.25) is 5.75 Å². The van der Waals surface area contributed by atoms with Gasteiger partial charge in [-0.05, 0) is 29.7 Å². The molecule has 12 heteroatoms. The zero-order valence-electron chi connectivity index (χ0n) is 12.4. The molecule has 0 saturated heterocycles. The van der Waals surface area contributed by atoms with Crippen molar-refractivity contribution in [2.75, 3.05) is 0 Å². The fourth-order valence-corrected chi connectivity index (χ4v) is 2.96. The smallest absolute Gasteiger partial charge is 0.433 e. The first kappa shape index (κ1) is 17.5. The molecule has 0 aliphatic heterocycles. The molecule has 3 rings (SSSR count). The maximum absolute atomic E-state index is 13.2. The molecule has 3 aromatic rings. The minimum Gasteiger partial charge on any atom is -0.504 e. The largest absolute Gasteiger partial charge is 0.504 e. The number of benzene rings is 1. The number of nitro groups is 1. The molecule has 0 atom stereocenters. The zero-order chi connectivity index (χ0) is 19.1. The summed E-state index contributed by atoms with van der Waals surface area (Å²) in [5.41, 5.74) is -2.48. The summed E-state index contributed by atoms with van der Waals surface area (Å²) in [6.45, 7) is 0. The van der Waals surface area contributed by atoms with Crippen molar-refractivity contribution in [1.29, 1.82) is 0 Å². The van der Waals surface area contributed by atoms with E-state index in [2.05, 4.69) is 14.6 Å². The molecule has 1 aromatic carbocycles. The Morgan fingerprint density at radius 2 is 1.96 bits per heavy atom. The number of aromatic hydroxyl groups is 2. The van der Waals surface area contributed by atoms with Crippen LogP contribution in [-0.2, 0) is 6.18 Å². The van der Waals surface area contributed by atoms with E-state index in [-0.39, 0.29) is 21.7 Å². The highest BCUT2D eigenvalue weighted by atomic mass is 32.1. The van der Waals surface area contributed by atoms with Gasteiger partial charge in [0.1, 0.15) is 5.69 Å². The van der Waals surface area contributed by atoms with Crippen molar-refractivity contribution in [2.24, 2.45) is 0 Å². The highest BCUT2D eigenvalue weighted by Crippen LogP contribution is 2.44. The van der Waals surface area contributed by atoms with Crippen LogP contribution in [-0.4, -0.2) is 29.7 Å². The third-order valence-electron chi connectivity index (χ3n) is 3.35. The number of hydrogen-bond donors (Lipinski definition) is 2. The molecule has 26 heavy (non-hydrogen) atoms. The Balaban J connectivity index is 2.23. The van der Waals surface area contributed by atoms with Gasteiger partial charge < -0.3 is 10.2 Å². The van der Waals surface area contributed by atoms with Crippen LogP contribution in [0, 0.1) is 10.1 Å². The summed E-state index contributed by atoms with van der Waals surface area (Å²) >= 11 is 0.637. The van der Waals surface area contributed by atoms with Gasteiger partial charge in [-0.25, -0.2) is 0 Å². The van der Waals surface area contributed by atoms with Crippen LogP contribution >= 0.6 is 11.5 Å². The summed E-state index contributed by atoms with van der Waals surface area (Å²) in [6.07, 6.45) is -3.75. The van der Waals surface area contributed by atoms with Crippen molar-refractivity contribution in [3.8, 4) is 33.2 Å². The molecular weight excluding hydrogens is 377 g/mol. The van der Waals surface area contributed by atoms with Gasteiger partial charge in [0.05, 0.1) is 9.80 Å². The summed E-state index contributed by atoms with van der Waals surface area (Å²) < 4.78 is 43.2. The lowest BCUT2D eigenvalue weighted by atomic mass is 10.0. The topological polar surface area (TPSA) is 122 Å². The molecule has 0 aliphatic carbocycles. The fraction of sp³-hybridized carbons (Fsp3) is 0.0714. The van der Waals surface area contributed by atoms with Crippen molar-refractivity contribution < 1.29 is 28.3 Å². The van der Waals surface area contributed by atoms with E-state index in [9.17, 15) is 33.5 Å². The highest BCUT2D eigenvalue weighted by molar-refractivity contribution is 7.10. The van der Waals surface area contributed by atoms with Crippen LogP contribution in [0.3, 0.4) is 0 Å². The maximum Gasteiger partial charge on any atom is 0.433 e. The number of phenols is 2. The van der Waals surface area contributed by atoms with Crippen LogP contribution in [0.25, 0.3) is 21.7 Å². The molecule has 0 radical (unpaired) electrons. The van der Waals surface area contributed by atoms with Gasteiger partial charge in [0.15, 0.2) is 11.4 Å². The van der Waals surface area contributed by atoms with E-state index in [1.807, 2.05) is 0 Å². The summed E-state index contributed by atoms with van der Waals surface area (Å²) in [5.74, 6) is -1.77. The second kappa shape index (κ2) is 6.22. The molecule has 134 valence electrons. The number of nitrogens with zero attached hydrogens (tertiary/aromatic N) is 4. The van der Waals surface area contributed by atoms with Crippen molar-refractivity contribution in [3.05, 3.63) is 46.3 Å². The molecule has 8 nitrogen and oxygen atoms in total. The first-order valence-corrected chi connectivity index (χ1v) is 7.53. The number of rotatable bonds is 3. The van der Waals surface area contributed by atoms with E-state index < -0.39 is 34.0 Å². The van der Waals surface area contributed by atoms with Gasteiger partial charge in [-0.1, -0.05) is 4.49 Å². The van der Waals surface area contributed by atoms with Crippen LogP contribution in [0.5, 0.6) is 11.5 Å². The maximum atomic E-state index is 13.2. The molecular formula is C14H7F3N4O4S. The van der Waals surface area contributed by atoms with E-state index in [4.69, 9.17) is 0 Å². The summed E-state index contributed by atoms with van der Waals surface area (Å²) in [6, 6.07) is 4.30. The van der Waals surface area contributed by atoms with Crippen molar-refractivity contribution >= 4 is 17.2 Å². The standard InChI is InChI=1S/C14H7F3N4O4S/c15-14(16,17)13-7(2-1-3-18-13)12-10(19-20-26-12)6-4-8(21(24)25)11(23)9(22)5-6/h1-5,22-23H. The second-order valence-corrected chi connectivity index (χ2v) is 5.72. The Morgan fingerprint density at radius 3 is 2.62 bits per heavy atom. The van der Waals surface area contributed by atoms with E-state index in [0.717, 1.165) is 18.3 Å². The minimum absolute atomic E-state index is 0.0372. The number of alkyl halides is 3. The fourth-order valence-electron chi connectivity index (χ4n) is 2.25. The quantitative estimate of drug-likeness (QED) is 0.402. The lowest BCUT2D eigenvalue weighted by molar-refractivity contribution is -0.385. The van der Waals surface area contributed by atoms with Crippen LogP contribution in [0.4, 0.5) is 18.9 Å². The van der Waals surface area contributed by atoms with Crippen molar-refractivity contribution in [1.82, 2.24) is 14.6 Å². The zero-order valence-corrected chi connectivity index (χ0v) is 13.2. The Hall–Kier alpha value is -3.28. The number of pyridine rings is 1. The molecule has 0 saturated carbocycles. The molecule has 2 heterocycles. The second-order valence-electron chi connectivity index (χ2n) is 4.97. The number of halogens is 3. The van der Waals surface area contributed by atoms with Crippen LogP contribution in [0.15, 0.2) is 30.5 Å². The summed E-state index contributed by atoms with van der Waals surface area (Å²) in [5, 5.41) is 33.9. The van der Waals surface area contributed by atoms with Gasteiger partial charge in [-0.15, -0.1) is 5.10 Å². The Kier molecular flexibility index (Phi) is 4.20. The lowest BCUT2D eigenvalue weighted by Crippen LogP contribution is -2.09. The lowest BCUT2D eigenvalue weighted by Gasteiger charge is -2.11. The highest BCUT2D eigenvalue weighted by Gasteiger charge is 2.36. The average molecular weight is 384 g/mol. The molecule has 0 spiro atoms. The molecule has 0 bridgehead atoms. The van der Waals surface area contributed by atoms with Gasteiger partial charge in [-0.2, -0.15) is 13.2 Å². The van der Waals surface area contributed by atoms with Crippen molar-refractivity contribution in [2.45, 2.75) is 6.18 Å². The monoisotopic (exact) mass is 384 g/mol. The van der Waals surface area contributed by atoms with E-state index in [1.165, 1.54) is 12.1 Å². The van der Waals surface area contributed by atoms with E-state index in [0.29, 0.717) is 11.5 Å². The number of phenolic OH excluding ortho intramolecular Hbond substituents is 2. The average Bonchev–Trinajstić information content (AvgIpc) is 3.05. The van der Waals surface area contributed by atoms with Gasteiger partial charge >= 0.3 is 11.9 Å². The molecule has 2 aromatic heterocycles. The normalized spacial score (nSPS) is 11.5. The minimum atomic E-state index is -4.74. The molecule has 0 aliphatic rings. The number of aromatic nitrogens is 3. The van der Waals surface area contributed by atoms with E-state index in [1.54, 1.807) is 0 Å². The van der Waals surface area contributed by atoms with E-state index >= 15 is 0 Å². The third kappa shape index (κ3) is 3.01. The molecule has 0 amide bonds. The van der Waals surface area contributed by atoms with Gasteiger partial charge in [-0.3, -0.25) is 15.1 Å². The predicted molar refractivity (Wildman–Crippen MR) is 83.6 cm³/mol. The van der Waals surface area contributed by atoms with Crippen LogP contribution < -0.4 is 0 Å².